The summed E-state index contributed by atoms with van der Waals surface area (Å²) in [5, 5.41) is 12.2. The third kappa shape index (κ3) is 3.31. The molecule has 2 aromatic carbocycles. The van der Waals surface area contributed by atoms with Crippen molar-refractivity contribution in [3.63, 3.8) is 0 Å². The molecule has 1 aliphatic heterocycles. The number of benzene rings is 2. The number of rotatable bonds is 4. The van der Waals surface area contributed by atoms with Gasteiger partial charge in [0.2, 0.25) is 5.91 Å². The fourth-order valence-corrected chi connectivity index (χ4v) is 6.01. The number of carboxylic acids is 1. The molecule has 2 aromatic rings. The summed E-state index contributed by atoms with van der Waals surface area (Å²) in [6.07, 6.45) is 2.92. The molecule has 3 aliphatic rings. The van der Waals surface area contributed by atoms with Crippen LogP contribution >= 0.6 is 0 Å². The first-order chi connectivity index (χ1) is 14.1. The summed E-state index contributed by atoms with van der Waals surface area (Å²) in [6.45, 7) is 3.96. The van der Waals surface area contributed by atoms with Gasteiger partial charge in [-0.15, -0.1) is 0 Å². The number of carbonyl (C=O) groups excluding carboxylic acids is 1. The van der Waals surface area contributed by atoms with Crippen molar-refractivity contribution in [1.82, 2.24) is 9.80 Å². The highest BCUT2D eigenvalue weighted by Gasteiger charge is 2.54. The summed E-state index contributed by atoms with van der Waals surface area (Å²) in [7, 11) is 0. The normalized spacial score (nSPS) is 29.4. The molecule has 0 radical (unpaired) electrons. The zero-order valence-corrected chi connectivity index (χ0v) is 16.7. The lowest BCUT2D eigenvalue weighted by molar-refractivity contribution is -0.153. The first kappa shape index (κ1) is 18.6. The maximum Gasteiger partial charge on any atom is 0.307 e. The summed E-state index contributed by atoms with van der Waals surface area (Å²) in [4.78, 5) is 29.3. The first-order valence-electron chi connectivity index (χ1n) is 10.8. The predicted octanol–water partition coefficient (Wildman–Crippen LogP) is 3.23. The molecule has 1 amide bonds. The summed E-state index contributed by atoms with van der Waals surface area (Å²) < 4.78 is 0. The van der Waals surface area contributed by atoms with Crippen LogP contribution in [-0.4, -0.2) is 53.0 Å². The van der Waals surface area contributed by atoms with Crippen molar-refractivity contribution in [2.75, 3.05) is 26.2 Å². The van der Waals surface area contributed by atoms with Crippen LogP contribution < -0.4 is 0 Å². The van der Waals surface area contributed by atoms with E-state index >= 15 is 0 Å². The summed E-state index contributed by atoms with van der Waals surface area (Å²) in [5.41, 5.74) is 1.32. The van der Waals surface area contributed by atoms with E-state index in [-0.39, 0.29) is 23.7 Å². The summed E-state index contributed by atoms with van der Waals surface area (Å²) in [5.74, 6) is -0.952. The van der Waals surface area contributed by atoms with Crippen molar-refractivity contribution < 1.29 is 14.7 Å². The van der Waals surface area contributed by atoms with Crippen LogP contribution in [0.2, 0.25) is 0 Å². The van der Waals surface area contributed by atoms with E-state index in [1.165, 1.54) is 16.3 Å². The highest BCUT2D eigenvalue weighted by atomic mass is 16.4. The van der Waals surface area contributed by atoms with Crippen molar-refractivity contribution in [1.29, 1.82) is 0 Å². The Hall–Kier alpha value is -2.40. The third-order valence-corrected chi connectivity index (χ3v) is 7.44. The van der Waals surface area contributed by atoms with Crippen LogP contribution in [0.4, 0.5) is 0 Å². The minimum absolute atomic E-state index is 0.0920. The lowest BCUT2D eigenvalue weighted by Gasteiger charge is -2.38. The largest absolute Gasteiger partial charge is 0.481 e. The second kappa shape index (κ2) is 7.45. The Kier molecular flexibility index (Phi) is 4.78. The van der Waals surface area contributed by atoms with Crippen LogP contribution in [0.5, 0.6) is 0 Å². The second-order valence-electron chi connectivity index (χ2n) is 8.96. The number of amides is 1. The number of carboxylic acid groups (broad SMARTS) is 1. The maximum absolute atomic E-state index is 13.2. The Labute approximate surface area is 171 Å². The molecule has 2 bridgehead atoms. The van der Waals surface area contributed by atoms with Crippen molar-refractivity contribution in [2.45, 2.75) is 25.8 Å². The number of piperazine rings is 1. The molecule has 1 saturated heterocycles. The lowest BCUT2D eigenvalue weighted by Crippen LogP contribution is -2.52. The molecular weight excluding hydrogens is 364 g/mol. The quantitative estimate of drug-likeness (QED) is 0.868. The molecule has 2 saturated carbocycles. The number of nitrogens with zero attached hydrogens (tertiary/aromatic N) is 2. The van der Waals surface area contributed by atoms with Gasteiger partial charge < -0.3 is 10.0 Å². The minimum Gasteiger partial charge on any atom is -0.481 e. The monoisotopic (exact) mass is 392 g/mol. The maximum atomic E-state index is 13.2. The number of fused-ring (bicyclic) bond motifs is 3. The predicted molar refractivity (Wildman–Crippen MR) is 111 cm³/mol. The Morgan fingerprint density at radius 3 is 2.34 bits per heavy atom. The molecule has 5 nitrogen and oxygen atoms in total. The average Bonchev–Trinajstić information content (AvgIpc) is 3.36. The molecule has 3 fully saturated rings. The number of hydrogen-bond acceptors (Lipinski definition) is 3. The van der Waals surface area contributed by atoms with Gasteiger partial charge in [0, 0.05) is 32.7 Å². The van der Waals surface area contributed by atoms with Crippen molar-refractivity contribution in [3.05, 3.63) is 48.0 Å². The number of carbonyl (C=O) groups is 2. The van der Waals surface area contributed by atoms with E-state index in [1.54, 1.807) is 0 Å². The van der Waals surface area contributed by atoms with Crippen LogP contribution in [0.3, 0.4) is 0 Å². The van der Waals surface area contributed by atoms with Gasteiger partial charge in [0.25, 0.3) is 0 Å². The lowest BCUT2D eigenvalue weighted by atomic mass is 9.78. The van der Waals surface area contributed by atoms with Crippen molar-refractivity contribution in [3.8, 4) is 0 Å². The first-order valence-corrected chi connectivity index (χ1v) is 10.8. The van der Waals surface area contributed by atoms with E-state index in [0.717, 1.165) is 38.9 Å². The Morgan fingerprint density at radius 2 is 1.59 bits per heavy atom. The fraction of sp³-hybridized carbons (Fsp3) is 0.500. The van der Waals surface area contributed by atoms with Crippen LogP contribution in [0.1, 0.15) is 24.8 Å². The van der Waals surface area contributed by atoms with Gasteiger partial charge in [-0.2, -0.15) is 0 Å². The Morgan fingerprint density at radius 1 is 0.897 bits per heavy atom. The van der Waals surface area contributed by atoms with E-state index in [0.29, 0.717) is 13.1 Å². The molecule has 0 aromatic heterocycles. The Bertz CT molecular complexity index is 929. The topological polar surface area (TPSA) is 60.9 Å². The molecular formula is C24H28N2O3. The van der Waals surface area contributed by atoms with Gasteiger partial charge in [0.15, 0.2) is 0 Å². The van der Waals surface area contributed by atoms with E-state index in [2.05, 4.69) is 47.4 Å². The molecule has 152 valence electrons. The summed E-state index contributed by atoms with van der Waals surface area (Å²) >= 11 is 0. The van der Waals surface area contributed by atoms with Gasteiger partial charge >= 0.3 is 5.97 Å². The van der Waals surface area contributed by atoms with Crippen LogP contribution in [0, 0.1) is 23.7 Å². The van der Waals surface area contributed by atoms with Crippen LogP contribution in [0.25, 0.3) is 10.8 Å². The molecule has 5 heteroatoms. The van der Waals surface area contributed by atoms with Crippen LogP contribution in [0.15, 0.2) is 42.5 Å². The van der Waals surface area contributed by atoms with Crippen LogP contribution in [-0.2, 0) is 16.1 Å². The van der Waals surface area contributed by atoms with Gasteiger partial charge in [-0.1, -0.05) is 42.5 Å². The van der Waals surface area contributed by atoms with Gasteiger partial charge in [0.1, 0.15) is 0 Å². The smallest absolute Gasteiger partial charge is 0.307 e. The zero-order valence-electron chi connectivity index (χ0n) is 16.7. The van der Waals surface area contributed by atoms with E-state index in [1.807, 2.05) is 4.90 Å². The molecule has 0 spiro atoms. The van der Waals surface area contributed by atoms with E-state index in [4.69, 9.17) is 0 Å². The van der Waals surface area contributed by atoms with Gasteiger partial charge in [0.05, 0.1) is 11.8 Å². The standard InChI is InChI=1S/C24H28N2O3/c27-23(21-17-8-9-18(14-17)22(21)24(28)29)26-12-10-25(11-13-26)15-19-6-3-5-16-4-1-2-7-20(16)19/h1-7,17-18,21-22H,8-15H2,(H,28,29). The highest BCUT2D eigenvalue weighted by Crippen LogP contribution is 2.53. The fourth-order valence-electron chi connectivity index (χ4n) is 6.01. The zero-order chi connectivity index (χ0) is 20.0. The second-order valence-corrected chi connectivity index (χ2v) is 8.96. The molecule has 2 aliphatic carbocycles. The molecule has 1 heterocycles. The van der Waals surface area contributed by atoms with E-state index < -0.39 is 11.9 Å². The average molecular weight is 392 g/mol. The van der Waals surface area contributed by atoms with Gasteiger partial charge in [-0.3, -0.25) is 14.5 Å². The van der Waals surface area contributed by atoms with Gasteiger partial charge in [-0.05, 0) is 47.4 Å². The highest BCUT2D eigenvalue weighted by molar-refractivity contribution is 5.87. The number of aliphatic carboxylic acids is 1. The van der Waals surface area contributed by atoms with Gasteiger partial charge in [-0.25, -0.2) is 0 Å². The van der Waals surface area contributed by atoms with E-state index in [9.17, 15) is 14.7 Å². The SMILES string of the molecule is O=C(O)C1C2CCC(C2)C1C(=O)N1CCN(Cc2cccc3ccccc23)CC1. The molecule has 4 unspecified atom stereocenters. The molecule has 4 atom stereocenters. The Balaban J connectivity index is 1.24. The molecule has 29 heavy (non-hydrogen) atoms. The summed E-state index contributed by atoms with van der Waals surface area (Å²) in [6, 6.07) is 14.9. The minimum atomic E-state index is -0.773. The third-order valence-electron chi connectivity index (χ3n) is 7.44. The number of hydrogen-bond donors (Lipinski definition) is 1. The van der Waals surface area contributed by atoms with Crippen molar-refractivity contribution >= 4 is 22.6 Å². The molecule has 5 rings (SSSR count). The van der Waals surface area contributed by atoms with Crippen molar-refractivity contribution in [2.24, 2.45) is 23.7 Å². The molecule has 1 N–H and O–H groups in total.